The maximum Gasteiger partial charge on any atom is 0.153 e. The zero-order chi connectivity index (χ0) is 14.6. The van der Waals surface area contributed by atoms with Crippen molar-refractivity contribution in [1.29, 1.82) is 0 Å². The second kappa shape index (κ2) is 6.47. The van der Waals surface area contributed by atoms with Gasteiger partial charge in [0.2, 0.25) is 0 Å². The van der Waals surface area contributed by atoms with E-state index in [1.807, 2.05) is 37.3 Å². The Kier molecular flexibility index (Phi) is 4.91. The average molecular weight is 310 g/mol. The molecule has 0 fully saturated rings. The number of thiazole rings is 1. The minimum Gasteiger partial charge on any atom is -0.312 e. The number of rotatable bonds is 6. The van der Waals surface area contributed by atoms with Gasteiger partial charge < -0.3 is 5.32 Å². The lowest BCUT2D eigenvalue weighted by Crippen LogP contribution is -2.11. The molecule has 1 aromatic carbocycles. The highest BCUT2D eigenvalue weighted by molar-refractivity contribution is 7.90. The number of nitrogens with one attached hydrogen (secondary N) is 1. The first kappa shape index (κ1) is 15.2. The van der Waals surface area contributed by atoms with Gasteiger partial charge in [0.1, 0.15) is 10.8 Å². The first-order valence-electron chi connectivity index (χ1n) is 6.42. The molecule has 1 N–H and O–H groups in total. The molecule has 0 bridgehead atoms. The topological polar surface area (TPSA) is 59.1 Å². The van der Waals surface area contributed by atoms with E-state index in [0.29, 0.717) is 11.6 Å². The van der Waals surface area contributed by atoms with Crippen LogP contribution in [0.2, 0.25) is 0 Å². The van der Waals surface area contributed by atoms with Crippen LogP contribution in [0.25, 0.3) is 11.3 Å². The van der Waals surface area contributed by atoms with Gasteiger partial charge in [0.15, 0.2) is 9.84 Å². The van der Waals surface area contributed by atoms with Crippen molar-refractivity contribution in [3.63, 3.8) is 0 Å². The van der Waals surface area contributed by atoms with Gasteiger partial charge >= 0.3 is 0 Å². The molecule has 0 unspecified atom stereocenters. The first-order valence-corrected chi connectivity index (χ1v) is 9.29. The number of sulfone groups is 1. The molecule has 0 saturated carbocycles. The standard InChI is InChI=1S/C14H18N2O2S2/c1-3-15-9-12-14(11-7-5-4-6-8-11)16-13(19-12)10-20(2,17)18/h4-8,15H,3,9-10H2,1-2H3. The third-order valence-corrected chi connectivity index (χ3v) is 4.75. The third kappa shape index (κ3) is 4.13. The SMILES string of the molecule is CCNCc1sc(CS(C)(=O)=O)nc1-c1ccccc1. The van der Waals surface area contributed by atoms with Gasteiger partial charge in [-0.3, -0.25) is 0 Å². The third-order valence-electron chi connectivity index (χ3n) is 2.71. The van der Waals surface area contributed by atoms with Gasteiger partial charge in [0.05, 0.1) is 5.69 Å². The molecule has 2 rings (SSSR count). The Labute approximate surface area is 123 Å². The van der Waals surface area contributed by atoms with Gasteiger partial charge in [-0.05, 0) is 6.54 Å². The van der Waals surface area contributed by atoms with Gasteiger partial charge in [-0.2, -0.15) is 0 Å². The van der Waals surface area contributed by atoms with E-state index in [0.717, 1.165) is 22.7 Å². The molecule has 6 heteroatoms. The highest BCUT2D eigenvalue weighted by atomic mass is 32.2. The van der Waals surface area contributed by atoms with E-state index in [4.69, 9.17) is 0 Å². The van der Waals surface area contributed by atoms with Gasteiger partial charge in [-0.25, -0.2) is 13.4 Å². The lowest BCUT2D eigenvalue weighted by molar-refractivity contribution is 0.601. The Morgan fingerprint density at radius 2 is 1.95 bits per heavy atom. The van der Waals surface area contributed by atoms with Crippen molar-refractivity contribution in [2.45, 2.75) is 19.2 Å². The lowest BCUT2D eigenvalue weighted by Gasteiger charge is -2.02. The van der Waals surface area contributed by atoms with E-state index in [-0.39, 0.29) is 5.75 Å². The number of hydrogen-bond acceptors (Lipinski definition) is 5. The predicted molar refractivity (Wildman–Crippen MR) is 83.5 cm³/mol. The maximum absolute atomic E-state index is 11.4. The van der Waals surface area contributed by atoms with E-state index >= 15 is 0 Å². The normalized spacial score (nSPS) is 11.7. The van der Waals surface area contributed by atoms with Crippen molar-refractivity contribution in [3.8, 4) is 11.3 Å². The van der Waals surface area contributed by atoms with Crippen LogP contribution in [0.3, 0.4) is 0 Å². The lowest BCUT2D eigenvalue weighted by atomic mass is 10.1. The van der Waals surface area contributed by atoms with Crippen LogP contribution in [0, 0.1) is 0 Å². The Morgan fingerprint density at radius 3 is 2.55 bits per heavy atom. The molecule has 20 heavy (non-hydrogen) atoms. The molecule has 1 aromatic heterocycles. The van der Waals surface area contributed by atoms with E-state index < -0.39 is 9.84 Å². The fourth-order valence-corrected chi connectivity index (χ4v) is 4.11. The summed E-state index contributed by atoms with van der Waals surface area (Å²) in [5.74, 6) is 0.00360. The van der Waals surface area contributed by atoms with Crippen LogP contribution in [-0.2, 0) is 22.1 Å². The van der Waals surface area contributed by atoms with Crippen LogP contribution >= 0.6 is 11.3 Å². The molecule has 0 aliphatic carbocycles. The molecule has 1 heterocycles. The zero-order valence-electron chi connectivity index (χ0n) is 11.6. The highest BCUT2D eigenvalue weighted by Crippen LogP contribution is 2.29. The van der Waals surface area contributed by atoms with E-state index in [2.05, 4.69) is 10.3 Å². The van der Waals surface area contributed by atoms with E-state index in [1.165, 1.54) is 17.6 Å². The van der Waals surface area contributed by atoms with Crippen LogP contribution in [0.4, 0.5) is 0 Å². The summed E-state index contributed by atoms with van der Waals surface area (Å²) < 4.78 is 22.8. The van der Waals surface area contributed by atoms with Crippen molar-refractivity contribution in [1.82, 2.24) is 10.3 Å². The highest BCUT2D eigenvalue weighted by Gasteiger charge is 2.15. The fourth-order valence-electron chi connectivity index (χ4n) is 1.87. The second-order valence-corrected chi connectivity index (χ2v) is 7.90. The van der Waals surface area contributed by atoms with Crippen molar-refractivity contribution < 1.29 is 8.42 Å². The second-order valence-electron chi connectivity index (χ2n) is 4.60. The number of nitrogens with zero attached hydrogens (tertiary/aromatic N) is 1. The van der Waals surface area contributed by atoms with Gasteiger partial charge in [-0.15, -0.1) is 11.3 Å². The van der Waals surface area contributed by atoms with E-state index in [9.17, 15) is 8.42 Å². The number of hydrogen-bond donors (Lipinski definition) is 1. The Balaban J connectivity index is 2.37. The Bertz CT molecular complexity index is 664. The molecular weight excluding hydrogens is 292 g/mol. The van der Waals surface area contributed by atoms with Crippen molar-refractivity contribution in [3.05, 3.63) is 40.2 Å². The monoisotopic (exact) mass is 310 g/mol. The van der Waals surface area contributed by atoms with Crippen LogP contribution < -0.4 is 5.32 Å². The van der Waals surface area contributed by atoms with Gasteiger partial charge in [0.25, 0.3) is 0 Å². The van der Waals surface area contributed by atoms with E-state index in [1.54, 1.807) is 0 Å². The van der Waals surface area contributed by atoms with Gasteiger partial charge in [-0.1, -0.05) is 37.3 Å². The maximum atomic E-state index is 11.4. The Hall–Kier alpha value is -1.24. The predicted octanol–water partition coefficient (Wildman–Crippen LogP) is 2.46. The van der Waals surface area contributed by atoms with Crippen LogP contribution in [0.1, 0.15) is 16.8 Å². The summed E-state index contributed by atoms with van der Waals surface area (Å²) in [6.07, 6.45) is 1.24. The van der Waals surface area contributed by atoms with Crippen molar-refractivity contribution in [2.24, 2.45) is 0 Å². The average Bonchev–Trinajstić information content (AvgIpc) is 2.78. The molecule has 0 radical (unpaired) electrons. The molecule has 2 aromatic rings. The van der Waals surface area contributed by atoms with Crippen LogP contribution in [0.5, 0.6) is 0 Å². The summed E-state index contributed by atoms with van der Waals surface area (Å²) in [7, 11) is -3.06. The first-order chi connectivity index (χ1) is 9.49. The quantitative estimate of drug-likeness (QED) is 0.890. The Morgan fingerprint density at radius 1 is 1.25 bits per heavy atom. The zero-order valence-corrected chi connectivity index (χ0v) is 13.2. The van der Waals surface area contributed by atoms with Crippen molar-refractivity contribution in [2.75, 3.05) is 12.8 Å². The van der Waals surface area contributed by atoms with Crippen molar-refractivity contribution >= 4 is 21.2 Å². The van der Waals surface area contributed by atoms with Crippen LogP contribution in [0.15, 0.2) is 30.3 Å². The molecule has 0 spiro atoms. The number of aromatic nitrogens is 1. The molecule has 4 nitrogen and oxygen atoms in total. The fraction of sp³-hybridized carbons (Fsp3) is 0.357. The summed E-state index contributed by atoms with van der Waals surface area (Å²) >= 11 is 1.47. The summed E-state index contributed by atoms with van der Waals surface area (Å²) in [6.45, 7) is 3.62. The largest absolute Gasteiger partial charge is 0.312 e. The summed E-state index contributed by atoms with van der Waals surface area (Å²) in [5, 5.41) is 3.92. The minimum absolute atomic E-state index is 0.00360. The molecule has 0 saturated heterocycles. The molecule has 0 aliphatic heterocycles. The smallest absolute Gasteiger partial charge is 0.153 e. The summed E-state index contributed by atoms with van der Waals surface area (Å²) in [6, 6.07) is 9.87. The number of benzene rings is 1. The summed E-state index contributed by atoms with van der Waals surface area (Å²) in [4.78, 5) is 5.60. The molecule has 0 amide bonds. The molecule has 0 aliphatic rings. The minimum atomic E-state index is -3.06. The van der Waals surface area contributed by atoms with Crippen LogP contribution in [-0.4, -0.2) is 26.2 Å². The molecular formula is C14H18N2O2S2. The van der Waals surface area contributed by atoms with Gasteiger partial charge in [0, 0.05) is 23.2 Å². The molecule has 0 atom stereocenters. The molecule has 108 valence electrons. The summed E-state index contributed by atoms with van der Waals surface area (Å²) in [5.41, 5.74) is 1.91.